The third-order valence-electron chi connectivity index (χ3n) is 3.68. The molecule has 3 rings (SSSR count). The van der Waals surface area contributed by atoms with Crippen molar-refractivity contribution in [1.29, 1.82) is 0 Å². The van der Waals surface area contributed by atoms with Gasteiger partial charge in [0.1, 0.15) is 6.67 Å². The SMILES string of the molecule is Cc1ccc(/C=N/CNc2ncc(F)c(N3CCOCC3)n2)cc1. The highest BCUT2D eigenvalue weighted by molar-refractivity contribution is 5.79. The van der Waals surface area contributed by atoms with Gasteiger partial charge in [0.15, 0.2) is 11.6 Å². The van der Waals surface area contributed by atoms with Crippen LogP contribution in [-0.2, 0) is 4.74 Å². The number of aliphatic imine (C=N–C) groups is 1. The second-order valence-electron chi connectivity index (χ2n) is 5.52. The molecule has 1 fully saturated rings. The number of benzene rings is 1. The highest BCUT2D eigenvalue weighted by Crippen LogP contribution is 2.18. The molecule has 0 atom stereocenters. The van der Waals surface area contributed by atoms with E-state index in [1.165, 1.54) is 11.8 Å². The molecule has 7 heteroatoms. The van der Waals surface area contributed by atoms with E-state index in [1.54, 1.807) is 6.21 Å². The molecule has 0 aliphatic carbocycles. The summed E-state index contributed by atoms with van der Waals surface area (Å²) in [7, 11) is 0. The average Bonchev–Trinajstić information content (AvgIpc) is 2.62. The van der Waals surface area contributed by atoms with Crippen LogP contribution in [0.25, 0.3) is 0 Å². The number of halogens is 1. The number of morpholine rings is 1. The number of aryl methyl sites for hydroxylation is 1. The maximum Gasteiger partial charge on any atom is 0.226 e. The molecule has 1 aromatic carbocycles. The van der Waals surface area contributed by atoms with E-state index in [1.807, 2.05) is 36.1 Å². The zero-order chi connectivity index (χ0) is 16.8. The minimum Gasteiger partial charge on any atom is -0.378 e. The van der Waals surface area contributed by atoms with E-state index in [0.29, 0.717) is 44.7 Å². The van der Waals surface area contributed by atoms with Crippen molar-refractivity contribution in [3.63, 3.8) is 0 Å². The van der Waals surface area contributed by atoms with Crippen LogP contribution in [0.15, 0.2) is 35.5 Å². The Balaban J connectivity index is 1.59. The molecule has 1 N–H and O–H groups in total. The van der Waals surface area contributed by atoms with E-state index in [-0.39, 0.29) is 0 Å². The van der Waals surface area contributed by atoms with Crippen molar-refractivity contribution in [1.82, 2.24) is 9.97 Å². The Labute approximate surface area is 140 Å². The molecule has 1 aromatic heterocycles. The van der Waals surface area contributed by atoms with Gasteiger partial charge in [-0.25, -0.2) is 9.37 Å². The van der Waals surface area contributed by atoms with Gasteiger partial charge in [0.25, 0.3) is 0 Å². The lowest BCUT2D eigenvalue weighted by molar-refractivity contribution is 0.122. The van der Waals surface area contributed by atoms with E-state index in [9.17, 15) is 4.39 Å². The summed E-state index contributed by atoms with van der Waals surface area (Å²) in [6.07, 6.45) is 2.96. The van der Waals surface area contributed by atoms with Gasteiger partial charge in [0.2, 0.25) is 5.95 Å². The lowest BCUT2D eigenvalue weighted by atomic mass is 10.2. The first-order valence-corrected chi connectivity index (χ1v) is 7.88. The summed E-state index contributed by atoms with van der Waals surface area (Å²) >= 11 is 0. The topological polar surface area (TPSA) is 62.6 Å². The maximum absolute atomic E-state index is 13.9. The lowest BCUT2D eigenvalue weighted by Gasteiger charge is -2.28. The van der Waals surface area contributed by atoms with Crippen molar-refractivity contribution in [2.75, 3.05) is 43.2 Å². The predicted molar refractivity (Wildman–Crippen MR) is 92.3 cm³/mol. The molecule has 2 aromatic rings. The lowest BCUT2D eigenvalue weighted by Crippen LogP contribution is -2.37. The molecule has 0 bridgehead atoms. The molecule has 0 radical (unpaired) electrons. The van der Waals surface area contributed by atoms with Crippen molar-refractivity contribution in [2.45, 2.75) is 6.92 Å². The van der Waals surface area contributed by atoms with Crippen molar-refractivity contribution < 1.29 is 9.13 Å². The molecule has 0 saturated carbocycles. The molecule has 126 valence electrons. The number of anilines is 2. The minimum absolute atomic E-state index is 0.304. The molecule has 6 nitrogen and oxygen atoms in total. The van der Waals surface area contributed by atoms with Gasteiger partial charge in [-0.2, -0.15) is 4.98 Å². The number of hydrogen-bond donors (Lipinski definition) is 1. The number of aromatic nitrogens is 2. The van der Waals surface area contributed by atoms with Gasteiger partial charge in [0.05, 0.1) is 19.4 Å². The Morgan fingerprint density at radius 2 is 2.04 bits per heavy atom. The van der Waals surface area contributed by atoms with Crippen LogP contribution in [0.2, 0.25) is 0 Å². The van der Waals surface area contributed by atoms with Gasteiger partial charge in [-0.3, -0.25) is 4.99 Å². The normalized spacial score (nSPS) is 15.0. The fourth-order valence-corrected chi connectivity index (χ4v) is 2.36. The van der Waals surface area contributed by atoms with Gasteiger partial charge in [-0.15, -0.1) is 0 Å². The Kier molecular flexibility index (Phi) is 5.32. The standard InChI is InChI=1S/C17H20FN5O/c1-13-2-4-14(5-3-13)10-19-12-21-17-20-11-15(18)16(22-17)23-6-8-24-9-7-23/h2-5,10-11H,6-9,12H2,1H3,(H,20,21,22)/b19-10+. The van der Waals surface area contributed by atoms with Crippen LogP contribution >= 0.6 is 0 Å². The first-order chi connectivity index (χ1) is 11.7. The van der Waals surface area contributed by atoms with Crippen LogP contribution in [0, 0.1) is 12.7 Å². The third-order valence-corrected chi connectivity index (χ3v) is 3.68. The Morgan fingerprint density at radius 3 is 2.79 bits per heavy atom. The monoisotopic (exact) mass is 329 g/mol. The molecular formula is C17H20FN5O. The van der Waals surface area contributed by atoms with Gasteiger partial charge >= 0.3 is 0 Å². The second-order valence-corrected chi connectivity index (χ2v) is 5.52. The quantitative estimate of drug-likeness (QED) is 0.853. The molecule has 1 saturated heterocycles. The molecule has 2 heterocycles. The number of ether oxygens (including phenoxy) is 1. The molecule has 1 aliphatic heterocycles. The van der Waals surface area contributed by atoms with Gasteiger partial charge in [-0.05, 0) is 12.5 Å². The number of rotatable bonds is 5. The molecule has 0 unspecified atom stereocenters. The van der Waals surface area contributed by atoms with Crippen molar-refractivity contribution in [3.8, 4) is 0 Å². The van der Waals surface area contributed by atoms with Crippen LogP contribution in [0.3, 0.4) is 0 Å². The highest BCUT2D eigenvalue weighted by Gasteiger charge is 2.17. The van der Waals surface area contributed by atoms with E-state index in [2.05, 4.69) is 20.3 Å². The largest absolute Gasteiger partial charge is 0.378 e. The predicted octanol–water partition coefficient (Wildman–Crippen LogP) is 2.25. The summed E-state index contributed by atoms with van der Waals surface area (Å²) in [6.45, 7) is 4.76. The molecule has 0 amide bonds. The molecule has 1 aliphatic rings. The first-order valence-electron chi connectivity index (χ1n) is 7.88. The van der Waals surface area contributed by atoms with E-state index in [4.69, 9.17) is 4.74 Å². The zero-order valence-electron chi connectivity index (χ0n) is 13.6. The first kappa shape index (κ1) is 16.3. The number of nitrogens with zero attached hydrogens (tertiary/aromatic N) is 4. The smallest absolute Gasteiger partial charge is 0.226 e. The second kappa shape index (κ2) is 7.83. The van der Waals surface area contributed by atoms with Crippen LogP contribution in [0.1, 0.15) is 11.1 Å². The van der Waals surface area contributed by atoms with Crippen molar-refractivity contribution in [2.24, 2.45) is 4.99 Å². The average molecular weight is 329 g/mol. The Bertz CT molecular complexity index is 699. The minimum atomic E-state index is -0.425. The Hall–Kier alpha value is -2.54. The zero-order valence-corrected chi connectivity index (χ0v) is 13.6. The van der Waals surface area contributed by atoms with Gasteiger partial charge in [0, 0.05) is 19.3 Å². The summed E-state index contributed by atoms with van der Waals surface area (Å²) in [6, 6.07) is 8.08. The van der Waals surface area contributed by atoms with Crippen molar-refractivity contribution >= 4 is 18.0 Å². The van der Waals surface area contributed by atoms with Gasteiger partial charge < -0.3 is 15.0 Å². The summed E-state index contributed by atoms with van der Waals surface area (Å²) in [4.78, 5) is 14.4. The fraction of sp³-hybridized carbons (Fsp3) is 0.353. The van der Waals surface area contributed by atoms with Gasteiger partial charge in [-0.1, -0.05) is 29.8 Å². The fourth-order valence-electron chi connectivity index (χ4n) is 2.36. The van der Waals surface area contributed by atoms with Crippen molar-refractivity contribution in [3.05, 3.63) is 47.4 Å². The third kappa shape index (κ3) is 4.26. The Morgan fingerprint density at radius 1 is 1.29 bits per heavy atom. The molecule has 0 spiro atoms. The molecule has 24 heavy (non-hydrogen) atoms. The van der Waals surface area contributed by atoms with Crippen LogP contribution < -0.4 is 10.2 Å². The number of hydrogen-bond acceptors (Lipinski definition) is 6. The maximum atomic E-state index is 13.9. The van der Waals surface area contributed by atoms with E-state index < -0.39 is 5.82 Å². The highest BCUT2D eigenvalue weighted by atomic mass is 19.1. The summed E-state index contributed by atoms with van der Waals surface area (Å²) in [5, 5.41) is 2.99. The van der Waals surface area contributed by atoms with Crippen LogP contribution in [-0.4, -0.2) is 49.2 Å². The van der Waals surface area contributed by atoms with Crippen LogP contribution in [0.5, 0.6) is 0 Å². The molecular weight excluding hydrogens is 309 g/mol. The summed E-state index contributed by atoms with van der Waals surface area (Å²) < 4.78 is 19.2. The van der Waals surface area contributed by atoms with E-state index >= 15 is 0 Å². The number of nitrogens with one attached hydrogen (secondary N) is 1. The summed E-state index contributed by atoms with van der Waals surface area (Å²) in [5.74, 6) is 0.239. The summed E-state index contributed by atoms with van der Waals surface area (Å²) in [5.41, 5.74) is 2.23. The van der Waals surface area contributed by atoms with Crippen LogP contribution in [0.4, 0.5) is 16.2 Å². The van der Waals surface area contributed by atoms with E-state index in [0.717, 1.165) is 5.56 Å².